The molecule has 1 aliphatic heterocycles. The van der Waals surface area contributed by atoms with Crippen LogP contribution in [-0.2, 0) is 6.54 Å². The van der Waals surface area contributed by atoms with Gasteiger partial charge in [0.1, 0.15) is 5.82 Å². The normalized spacial score (nSPS) is 21.3. The van der Waals surface area contributed by atoms with Gasteiger partial charge in [-0.3, -0.25) is 0 Å². The lowest BCUT2D eigenvalue weighted by molar-refractivity contribution is 0.487. The van der Waals surface area contributed by atoms with E-state index in [1.54, 1.807) is 0 Å². The van der Waals surface area contributed by atoms with Gasteiger partial charge in [-0.1, -0.05) is 19.1 Å². The number of fused-ring (bicyclic) bond motifs is 1. The summed E-state index contributed by atoms with van der Waals surface area (Å²) in [5.74, 6) is -0.0819. The fourth-order valence-corrected chi connectivity index (χ4v) is 5.49. The van der Waals surface area contributed by atoms with Crippen LogP contribution >= 0.6 is 23.1 Å². The van der Waals surface area contributed by atoms with Gasteiger partial charge in [-0.2, -0.15) is 0 Å². The molecule has 0 saturated heterocycles. The van der Waals surface area contributed by atoms with E-state index in [1.165, 1.54) is 9.77 Å². The predicted octanol–water partition coefficient (Wildman–Crippen LogP) is 5.22. The Kier molecular flexibility index (Phi) is 4.38. The van der Waals surface area contributed by atoms with Gasteiger partial charge < -0.3 is 5.32 Å². The minimum Gasteiger partial charge on any atom is -0.306 e. The molecule has 2 heterocycles. The molecule has 21 heavy (non-hydrogen) atoms. The van der Waals surface area contributed by atoms with E-state index in [9.17, 15) is 4.39 Å². The van der Waals surface area contributed by atoms with E-state index in [0.717, 1.165) is 29.7 Å². The molecule has 1 unspecified atom stereocenters. The van der Waals surface area contributed by atoms with Gasteiger partial charge in [-0.25, -0.2) is 4.39 Å². The Labute approximate surface area is 134 Å². The van der Waals surface area contributed by atoms with E-state index < -0.39 is 0 Å². The number of hydrogen-bond donors (Lipinski definition) is 1. The van der Waals surface area contributed by atoms with E-state index >= 15 is 0 Å². The number of halogens is 1. The highest BCUT2D eigenvalue weighted by atomic mass is 32.2. The minimum absolute atomic E-state index is 0.0819. The average Bonchev–Trinajstić information content (AvgIpc) is 2.90. The molecule has 1 N–H and O–H groups in total. The first-order valence-corrected chi connectivity index (χ1v) is 9.03. The first-order chi connectivity index (χ1) is 10.0. The van der Waals surface area contributed by atoms with Crippen molar-refractivity contribution in [2.45, 2.75) is 49.2 Å². The monoisotopic (exact) mass is 321 g/mol. The highest BCUT2D eigenvalue weighted by molar-refractivity contribution is 8.01. The molecule has 0 bridgehead atoms. The average molecular weight is 321 g/mol. The summed E-state index contributed by atoms with van der Waals surface area (Å²) in [6.07, 6.45) is 1.15. The van der Waals surface area contributed by atoms with Crippen LogP contribution in [-0.4, -0.2) is 5.25 Å². The van der Waals surface area contributed by atoms with Gasteiger partial charge in [0.05, 0.1) is 4.21 Å². The molecule has 2 atom stereocenters. The highest BCUT2D eigenvalue weighted by Gasteiger charge is 2.25. The van der Waals surface area contributed by atoms with E-state index in [2.05, 4.69) is 23.7 Å². The van der Waals surface area contributed by atoms with Crippen molar-refractivity contribution in [2.75, 3.05) is 0 Å². The number of thioether (sulfide) groups is 1. The topological polar surface area (TPSA) is 12.0 Å². The Morgan fingerprint density at radius 2 is 2.00 bits per heavy atom. The van der Waals surface area contributed by atoms with Crippen LogP contribution in [0.3, 0.4) is 0 Å². The van der Waals surface area contributed by atoms with Crippen molar-refractivity contribution in [3.63, 3.8) is 0 Å². The Morgan fingerprint density at radius 1 is 1.29 bits per heavy atom. The molecule has 0 saturated carbocycles. The molecule has 0 radical (unpaired) electrons. The molecule has 1 nitrogen and oxygen atoms in total. The third kappa shape index (κ3) is 3.17. The van der Waals surface area contributed by atoms with Crippen molar-refractivity contribution in [3.05, 3.63) is 51.7 Å². The maximum atomic E-state index is 13.7. The van der Waals surface area contributed by atoms with Crippen LogP contribution in [0.25, 0.3) is 0 Å². The van der Waals surface area contributed by atoms with E-state index in [-0.39, 0.29) is 5.82 Å². The third-order valence-corrected chi connectivity index (χ3v) is 6.30. The van der Waals surface area contributed by atoms with E-state index in [1.807, 2.05) is 49.1 Å². The largest absolute Gasteiger partial charge is 0.306 e. The standard InChI is InChI=1S/C17H20FNS2/c1-10-6-13(7-11(2)16(10)18)9-19-15-8-12(3)21-17-14(15)4-5-20-17/h4-7,12,15,19H,8-9H2,1-3H3/t12-,15?/m0/s1. The van der Waals surface area contributed by atoms with E-state index in [0.29, 0.717) is 11.3 Å². The summed E-state index contributed by atoms with van der Waals surface area (Å²) in [6.45, 7) is 6.75. The fourth-order valence-electron chi connectivity index (χ4n) is 2.92. The zero-order valence-corrected chi connectivity index (χ0v) is 14.2. The summed E-state index contributed by atoms with van der Waals surface area (Å²) >= 11 is 3.81. The predicted molar refractivity (Wildman–Crippen MR) is 89.7 cm³/mol. The smallest absolute Gasteiger partial charge is 0.129 e. The number of nitrogens with one attached hydrogen (secondary N) is 1. The van der Waals surface area contributed by atoms with Crippen LogP contribution in [0, 0.1) is 19.7 Å². The van der Waals surface area contributed by atoms with Crippen LogP contribution < -0.4 is 5.32 Å². The van der Waals surface area contributed by atoms with Gasteiger partial charge in [0.25, 0.3) is 0 Å². The number of benzene rings is 1. The zero-order chi connectivity index (χ0) is 15.0. The molecule has 0 spiro atoms. The second-order valence-corrected chi connectivity index (χ2v) is 8.43. The Bertz CT molecular complexity index is 627. The van der Waals surface area contributed by atoms with Crippen molar-refractivity contribution in [2.24, 2.45) is 0 Å². The fraction of sp³-hybridized carbons (Fsp3) is 0.412. The highest BCUT2D eigenvalue weighted by Crippen LogP contribution is 2.43. The Hall–Kier alpha value is -0.840. The van der Waals surface area contributed by atoms with Crippen molar-refractivity contribution < 1.29 is 4.39 Å². The zero-order valence-electron chi connectivity index (χ0n) is 12.6. The molecule has 112 valence electrons. The van der Waals surface area contributed by atoms with Crippen LogP contribution in [0.2, 0.25) is 0 Å². The molecule has 0 fully saturated rings. The Balaban J connectivity index is 1.74. The molecular weight excluding hydrogens is 301 g/mol. The quantitative estimate of drug-likeness (QED) is 0.832. The molecule has 0 aliphatic carbocycles. The summed E-state index contributed by atoms with van der Waals surface area (Å²) in [5.41, 5.74) is 4.05. The van der Waals surface area contributed by atoms with Gasteiger partial charge in [0.2, 0.25) is 0 Å². The summed E-state index contributed by atoms with van der Waals surface area (Å²) < 4.78 is 15.1. The molecule has 0 amide bonds. The van der Waals surface area contributed by atoms with Crippen LogP contribution in [0.1, 0.15) is 41.6 Å². The van der Waals surface area contributed by atoms with Crippen molar-refractivity contribution >= 4 is 23.1 Å². The second kappa shape index (κ2) is 6.11. The van der Waals surface area contributed by atoms with Gasteiger partial charge in [-0.05, 0) is 54.0 Å². The van der Waals surface area contributed by atoms with Crippen LogP contribution in [0.15, 0.2) is 27.8 Å². The first kappa shape index (κ1) is 15.1. The van der Waals surface area contributed by atoms with Crippen LogP contribution in [0.4, 0.5) is 4.39 Å². The van der Waals surface area contributed by atoms with Crippen molar-refractivity contribution in [3.8, 4) is 0 Å². The maximum absolute atomic E-state index is 13.7. The second-order valence-electron chi connectivity index (χ2n) is 5.80. The van der Waals surface area contributed by atoms with Gasteiger partial charge in [0, 0.05) is 17.8 Å². The molecule has 1 aliphatic rings. The molecular formula is C17H20FNS2. The van der Waals surface area contributed by atoms with Crippen molar-refractivity contribution in [1.29, 1.82) is 0 Å². The molecule has 2 aromatic rings. The summed E-state index contributed by atoms with van der Waals surface area (Å²) in [6, 6.07) is 6.54. The number of aryl methyl sites for hydroxylation is 2. The third-order valence-electron chi connectivity index (χ3n) is 3.96. The summed E-state index contributed by atoms with van der Waals surface area (Å²) in [7, 11) is 0. The van der Waals surface area contributed by atoms with Crippen LogP contribution in [0.5, 0.6) is 0 Å². The lowest BCUT2D eigenvalue weighted by Gasteiger charge is -2.27. The number of rotatable bonds is 3. The van der Waals surface area contributed by atoms with Gasteiger partial charge >= 0.3 is 0 Å². The molecule has 4 heteroatoms. The number of hydrogen-bond acceptors (Lipinski definition) is 3. The van der Waals surface area contributed by atoms with Crippen molar-refractivity contribution in [1.82, 2.24) is 5.32 Å². The lowest BCUT2D eigenvalue weighted by atomic mass is 10.0. The first-order valence-electron chi connectivity index (χ1n) is 7.27. The lowest BCUT2D eigenvalue weighted by Crippen LogP contribution is -2.26. The van der Waals surface area contributed by atoms with Gasteiger partial charge in [0.15, 0.2) is 0 Å². The maximum Gasteiger partial charge on any atom is 0.129 e. The number of thiophene rings is 1. The van der Waals surface area contributed by atoms with E-state index in [4.69, 9.17) is 0 Å². The summed E-state index contributed by atoms with van der Waals surface area (Å²) in [5, 5.41) is 6.48. The summed E-state index contributed by atoms with van der Waals surface area (Å²) in [4.78, 5) is 0. The minimum atomic E-state index is -0.0819. The molecule has 1 aromatic carbocycles. The molecule has 3 rings (SSSR count). The Morgan fingerprint density at radius 3 is 2.71 bits per heavy atom. The SMILES string of the molecule is Cc1cc(CNC2C[C@H](C)Sc3sccc32)cc(C)c1F. The molecule has 1 aromatic heterocycles. The van der Waals surface area contributed by atoms with Gasteiger partial charge in [-0.15, -0.1) is 23.1 Å².